The van der Waals surface area contributed by atoms with E-state index in [-0.39, 0.29) is 6.04 Å². The monoisotopic (exact) mass is 392 g/mol. The number of hydrazine groups is 1. The van der Waals surface area contributed by atoms with Crippen LogP contribution in [0.5, 0.6) is 0 Å². The zero-order valence-electron chi connectivity index (χ0n) is 11.3. The van der Waals surface area contributed by atoms with Crippen LogP contribution in [0.1, 0.15) is 17.3 Å². The van der Waals surface area contributed by atoms with Crippen LogP contribution in [0.25, 0.3) is 0 Å². The van der Waals surface area contributed by atoms with E-state index in [1.807, 2.05) is 18.2 Å². The topological polar surface area (TPSA) is 65.1 Å². The van der Waals surface area contributed by atoms with Crippen molar-refractivity contribution >= 4 is 39.1 Å². The van der Waals surface area contributed by atoms with Gasteiger partial charge in [-0.2, -0.15) is 5.10 Å². The van der Waals surface area contributed by atoms with Gasteiger partial charge in [0.05, 0.1) is 41.1 Å². The van der Waals surface area contributed by atoms with Crippen LogP contribution < -0.4 is 11.3 Å². The molecule has 1 aromatic carbocycles. The lowest BCUT2D eigenvalue weighted by Crippen LogP contribution is -2.31. The Balaban J connectivity index is 2.40. The lowest BCUT2D eigenvalue weighted by molar-refractivity contribution is 0.182. The third kappa shape index (κ3) is 3.77. The molecule has 1 aromatic heterocycles. The molecule has 2 rings (SSSR count). The number of halogens is 3. The molecule has 3 N–H and O–H groups in total. The number of nitrogens with one attached hydrogen (secondary N) is 1. The first-order valence-electron chi connectivity index (χ1n) is 6.19. The molecule has 114 valence electrons. The van der Waals surface area contributed by atoms with E-state index in [4.69, 9.17) is 33.8 Å². The highest BCUT2D eigenvalue weighted by Gasteiger charge is 2.21. The van der Waals surface area contributed by atoms with Gasteiger partial charge in [-0.25, -0.2) is 5.43 Å². The Labute approximate surface area is 141 Å². The van der Waals surface area contributed by atoms with E-state index in [9.17, 15) is 0 Å². The van der Waals surface area contributed by atoms with Crippen LogP contribution >= 0.6 is 39.1 Å². The van der Waals surface area contributed by atoms with Gasteiger partial charge in [0.15, 0.2) is 0 Å². The molecule has 1 unspecified atom stereocenters. The van der Waals surface area contributed by atoms with Crippen LogP contribution in [0.15, 0.2) is 28.9 Å². The van der Waals surface area contributed by atoms with Crippen molar-refractivity contribution in [2.45, 2.75) is 12.6 Å². The van der Waals surface area contributed by atoms with Crippen LogP contribution in [0.3, 0.4) is 0 Å². The minimum atomic E-state index is -0.317. The lowest BCUT2D eigenvalue weighted by Gasteiger charge is -2.19. The molecule has 1 heterocycles. The Hall–Kier alpha value is -0.630. The molecule has 0 saturated heterocycles. The third-order valence-electron chi connectivity index (χ3n) is 3.06. The molecule has 5 nitrogen and oxygen atoms in total. The van der Waals surface area contributed by atoms with E-state index < -0.39 is 0 Å². The molecule has 0 aliphatic rings. The van der Waals surface area contributed by atoms with Crippen LogP contribution in [-0.2, 0) is 11.3 Å². The summed E-state index contributed by atoms with van der Waals surface area (Å²) in [6.07, 6.45) is 1.59. The Morgan fingerprint density at radius 2 is 2.19 bits per heavy atom. The average Bonchev–Trinajstić information content (AvgIpc) is 2.83. The minimum Gasteiger partial charge on any atom is -0.383 e. The highest BCUT2D eigenvalue weighted by Crippen LogP contribution is 2.31. The minimum absolute atomic E-state index is 0.317. The Bertz CT molecular complexity index is 620. The van der Waals surface area contributed by atoms with E-state index in [1.165, 1.54) is 0 Å². The number of hydrogen-bond donors (Lipinski definition) is 2. The summed E-state index contributed by atoms with van der Waals surface area (Å²) in [5, 5.41) is 5.39. The SMILES string of the molecule is COCCn1ncc(Cl)c1C(NN)c1ccc(Br)c(Cl)c1. The second kappa shape index (κ2) is 7.58. The molecule has 8 heteroatoms. The van der Waals surface area contributed by atoms with Crippen molar-refractivity contribution in [3.63, 3.8) is 0 Å². The van der Waals surface area contributed by atoms with Gasteiger partial charge in [0, 0.05) is 11.6 Å². The normalized spacial score (nSPS) is 12.6. The fourth-order valence-corrected chi connectivity index (χ4v) is 2.73. The highest BCUT2D eigenvalue weighted by molar-refractivity contribution is 9.10. The van der Waals surface area contributed by atoms with Crippen molar-refractivity contribution < 1.29 is 4.74 Å². The van der Waals surface area contributed by atoms with Gasteiger partial charge in [-0.05, 0) is 33.6 Å². The third-order valence-corrected chi connectivity index (χ3v) is 4.58. The van der Waals surface area contributed by atoms with E-state index in [0.29, 0.717) is 23.2 Å². The van der Waals surface area contributed by atoms with E-state index in [1.54, 1.807) is 18.0 Å². The zero-order chi connectivity index (χ0) is 15.4. The zero-order valence-corrected chi connectivity index (χ0v) is 14.4. The van der Waals surface area contributed by atoms with Crippen molar-refractivity contribution in [3.8, 4) is 0 Å². The Morgan fingerprint density at radius 1 is 1.43 bits per heavy atom. The van der Waals surface area contributed by atoms with Crippen LogP contribution in [0.4, 0.5) is 0 Å². The van der Waals surface area contributed by atoms with E-state index in [2.05, 4.69) is 26.5 Å². The molecule has 0 radical (unpaired) electrons. The fourth-order valence-electron chi connectivity index (χ4n) is 2.04. The summed E-state index contributed by atoms with van der Waals surface area (Å²) >= 11 is 15.8. The Kier molecular flexibility index (Phi) is 6.04. The predicted molar refractivity (Wildman–Crippen MR) is 87.4 cm³/mol. The summed E-state index contributed by atoms with van der Waals surface area (Å²) in [5.74, 6) is 5.71. The number of nitrogens with zero attached hydrogens (tertiary/aromatic N) is 2. The largest absolute Gasteiger partial charge is 0.383 e. The van der Waals surface area contributed by atoms with Gasteiger partial charge < -0.3 is 4.74 Å². The summed E-state index contributed by atoms with van der Waals surface area (Å²) < 4.78 is 7.67. The highest BCUT2D eigenvalue weighted by atomic mass is 79.9. The molecular weight excluding hydrogens is 379 g/mol. The molecule has 1 atom stereocenters. The first-order chi connectivity index (χ1) is 10.1. The second-order valence-corrected chi connectivity index (χ2v) is 6.04. The summed E-state index contributed by atoms with van der Waals surface area (Å²) in [6.45, 7) is 1.12. The fraction of sp³-hybridized carbons (Fsp3) is 0.308. The standard InChI is InChI=1S/C13H15BrCl2N4O/c1-21-5-4-20-13(11(16)7-18-20)12(19-17)8-2-3-9(14)10(15)6-8/h2-3,6-7,12,19H,4-5,17H2,1H3. The van der Waals surface area contributed by atoms with E-state index >= 15 is 0 Å². The van der Waals surface area contributed by atoms with Crippen LogP contribution in [-0.4, -0.2) is 23.5 Å². The predicted octanol–water partition coefficient (Wildman–Crippen LogP) is 3.15. The number of rotatable bonds is 6. The number of methoxy groups -OCH3 is 1. The number of ether oxygens (including phenoxy) is 1. The second-order valence-electron chi connectivity index (χ2n) is 4.37. The maximum atomic E-state index is 6.26. The first kappa shape index (κ1) is 16.7. The van der Waals surface area contributed by atoms with Gasteiger partial charge in [-0.1, -0.05) is 29.3 Å². The number of benzene rings is 1. The van der Waals surface area contributed by atoms with Crippen molar-refractivity contribution in [1.82, 2.24) is 15.2 Å². The van der Waals surface area contributed by atoms with Gasteiger partial charge in [0.2, 0.25) is 0 Å². The summed E-state index contributed by atoms with van der Waals surface area (Å²) in [6, 6.07) is 5.30. The summed E-state index contributed by atoms with van der Waals surface area (Å²) in [7, 11) is 1.64. The molecule has 2 aromatic rings. The molecule has 0 amide bonds. The Morgan fingerprint density at radius 3 is 2.81 bits per heavy atom. The molecule has 0 spiro atoms. The van der Waals surface area contributed by atoms with E-state index in [0.717, 1.165) is 15.7 Å². The smallest absolute Gasteiger partial charge is 0.0894 e. The van der Waals surface area contributed by atoms with Crippen molar-refractivity contribution in [2.24, 2.45) is 5.84 Å². The molecule has 0 fully saturated rings. The van der Waals surface area contributed by atoms with Gasteiger partial charge in [0.25, 0.3) is 0 Å². The maximum Gasteiger partial charge on any atom is 0.0894 e. The first-order valence-corrected chi connectivity index (χ1v) is 7.74. The van der Waals surface area contributed by atoms with Crippen LogP contribution in [0, 0.1) is 0 Å². The van der Waals surface area contributed by atoms with Crippen LogP contribution in [0.2, 0.25) is 10.0 Å². The summed E-state index contributed by atoms with van der Waals surface area (Å²) in [4.78, 5) is 0. The lowest BCUT2D eigenvalue weighted by atomic mass is 10.0. The number of nitrogens with two attached hydrogens (primary N) is 1. The molecular formula is C13H15BrCl2N4O. The van der Waals surface area contributed by atoms with Gasteiger partial charge in [0.1, 0.15) is 0 Å². The van der Waals surface area contributed by atoms with Gasteiger partial charge in [-0.15, -0.1) is 0 Å². The molecule has 0 aliphatic heterocycles. The molecule has 21 heavy (non-hydrogen) atoms. The number of aromatic nitrogens is 2. The molecule has 0 bridgehead atoms. The average molecular weight is 394 g/mol. The van der Waals surface area contributed by atoms with Crippen molar-refractivity contribution in [1.29, 1.82) is 0 Å². The van der Waals surface area contributed by atoms with Gasteiger partial charge >= 0.3 is 0 Å². The van der Waals surface area contributed by atoms with Gasteiger partial charge in [-0.3, -0.25) is 10.5 Å². The maximum absolute atomic E-state index is 6.26. The molecule has 0 saturated carbocycles. The van der Waals surface area contributed by atoms with Crippen molar-refractivity contribution in [3.05, 3.63) is 50.2 Å². The summed E-state index contributed by atoms with van der Waals surface area (Å²) in [5.41, 5.74) is 4.43. The number of hydrogen-bond acceptors (Lipinski definition) is 4. The quantitative estimate of drug-likeness (QED) is 0.584. The molecule has 0 aliphatic carbocycles. The van der Waals surface area contributed by atoms with Crippen molar-refractivity contribution in [2.75, 3.05) is 13.7 Å².